The van der Waals surface area contributed by atoms with Crippen LogP contribution in [0.25, 0.3) is 10.9 Å². The highest BCUT2D eigenvalue weighted by molar-refractivity contribution is 7.09. The molecule has 12 rings (SSSR count). The molecule has 0 spiro atoms. The predicted molar refractivity (Wildman–Crippen MR) is 579 cm³/mol. The minimum atomic E-state index is 0. The molecule has 3 aromatic carbocycles. The van der Waals surface area contributed by atoms with Gasteiger partial charge in [0.05, 0.1) is 34.0 Å². The zero-order chi connectivity index (χ0) is 97.0. The fourth-order valence-corrected chi connectivity index (χ4v) is 12.2. The fourth-order valence-electron chi connectivity index (χ4n) is 11.5. The number of pyridine rings is 6. The molecule has 129 heavy (non-hydrogen) atoms. The number of H-pyrrole nitrogens is 1. The van der Waals surface area contributed by atoms with Crippen molar-refractivity contribution >= 4 is 33.6 Å². The van der Waals surface area contributed by atoms with E-state index in [1.165, 1.54) is 38.5 Å². The molecule has 0 bridgehead atoms. The Morgan fingerprint density at radius 2 is 0.775 bits per heavy atom. The molecule has 0 atom stereocenters. The van der Waals surface area contributed by atoms with Crippen molar-refractivity contribution in [2.24, 2.45) is 0 Å². The predicted octanol–water partition coefficient (Wildman–Crippen LogP) is 26.4. The van der Waals surface area contributed by atoms with Crippen LogP contribution in [0.1, 0.15) is 251 Å². The van der Waals surface area contributed by atoms with Crippen LogP contribution >= 0.6 is 11.3 Å². The Bertz CT molecular complexity index is 3710. The molecule has 18 nitrogen and oxygen atoms in total. The van der Waals surface area contributed by atoms with Crippen LogP contribution in [0.3, 0.4) is 0 Å². The van der Waals surface area contributed by atoms with Crippen LogP contribution in [-0.2, 0) is 58.7 Å². The van der Waals surface area contributed by atoms with Gasteiger partial charge in [-0.1, -0.05) is 297 Å². The average molecular weight is 1800 g/mol. The van der Waals surface area contributed by atoms with Crippen molar-refractivity contribution in [1.29, 1.82) is 0 Å². The van der Waals surface area contributed by atoms with E-state index in [0.717, 1.165) is 197 Å². The van der Waals surface area contributed by atoms with Crippen LogP contribution in [-0.4, -0.2) is 178 Å². The molecule has 8 aromatic heterocycles. The molecule has 9 heterocycles. The Hall–Kier alpha value is -8.96. The van der Waals surface area contributed by atoms with Crippen molar-refractivity contribution < 1.29 is 0 Å². The smallest absolute Gasteiger partial charge is 0.0933 e. The quantitative estimate of drug-likeness (QED) is 0.0235. The maximum atomic E-state index is 4.48. The summed E-state index contributed by atoms with van der Waals surface area (Å²) in [4.78, 5) is 43.1. The van der Waals surface area contributed by atoms with Crippen molar-refractivity contribution in [2.45, 2.75) is 260 Å². The highest BCUT2D eigenvalue weighted by atomic mass is 32.1. The molecule has 1 fully saturated rings. The molecule has 1 saturated heterocycles. The number of nitrogens with zero attached hydrogens (tertiary/aromatic N) is 11. The molecule has 1 aliphatic heterocycles. The minimum absolute atomic E-state index is 0. The molecular formula is C110H192N18S. The summed E-state index contributed by atoms with van der Waals surface area (Å²) in [5.74, 6) is 0. The van der Waals surface area contributed by atoms with E-state index in [9.17, 15) is 0 Å². The van der Waals surface area contributed by atoms with Crippen molar-refractivity contribution in [3.63, 3.8) is 0 Å². The number of para-hydroxylation sites is 2. The number of aromatic nitrogens is 7. The standard InChI is InChI=1S/C20H24N4.C18H25N3.C14H17N3.C13H16N2S.C10H24N4.C10H10N2.12C2H6.CH4/c1-2-21-20-11-4-3-8-17(20)14-24(16-19-10-7-13-23-19)15-18-9-5-6-12-22-18;1-19-13-16-21(14-10-17-7-3-2-4-8-17)15-11-18-9-5-6-12-20-18;1-2-17(11-13-7-3-5-9-15-13)12-14-8-4-6-10-16-14;1-2-15(11-13-7-5-9-16-13)10-12-6-3-4-8-14-12;1-2-14-9-7-12-5-3-11-4-6-13-8-10-14;1-11-9-6-2-4-8-5-3-7-12-10(8)9;12*1-2;/h3-13,21,23H,2,14-16H2,1H3;2-9,12,19H,10-11,13-16H2,1H3;3-10H,2,11-12H2,1H3;3-9H,2,10-11H2,1H3;11-13H,2-10H2,1H3;2-7,11H,1H3;12*1-2H3;1H4. The van der Waals surface area contributed by atoms with Crippen LogP contribution in [0.5, 0.6) is 0 Å². The van der Waals surface area contributed by atoms with Gasteiger partial charge in [-0.05, 0) is 154 Å². The highest BCUT2D eigenvalue weighted by Crippen LogP contribution is 2.22. The third-order valence-electron chi connectivity index (χ3n) is 17.3. The highest BCUT2D eigenvalue weighted by Gasteiger charge is 2.14. The van der Waals surface area contributed by atoms with E-state index in [4.69, 9.17) is 0 Å². The summed E-state index contributed by atoms with van der Waals surface area (Å²) in [5, 5.41) is 23.4. The molecule has 0 radical (unpaired) electrons. The second kappa shape index (κ2) is 106. The lowest BCUT2D eigenvalue weighted by molar-refractivity contribution is 0.242. The van der Waals surface area contributed by atoms with Crippen LogP contribution in [0.4, 0.5) is 11.4 Å². The van der Waals surface area contributed by atoms with Gasteiger partial charge in [-0.2, -0.15) is 0 Å². The first-order chi connectivity index (χ1) is 63.3. The van der Waals surface area contributed by atoms with E-state index in [2.05, 4.69) is 246 Å². The van der Waals surface area contributed by atoms with Gasteiger partial charge in [-0.15, -0.1) is 11.3 Å². The van der Waals surface area contributed by atoms with E-state index in [0.29, 0.717) is 0 Å². The summed E-state index contributed by atoms with van der Waals surface area (Å²) < 4.78 is 0. The van der Waals surface area contributed by atoms with Crippen LogP contribution < -0.4 is 31.9 Å². The lowest BCUT2D eigenvalue weighted by atomic mass is 10.1. The second-order valence-corrected chi connectivity index (χ2v) is 26.1. The summed E-state index contributed by atoms with van der Waals surface area (Å²) in [6.45, 7) is 80.2. The number of aromatic amines is 1. The van der Waals surface area contributed by atoms with Gasteiger partial charge < -0.3 is 46.7 Å². The van der Waals surface area contributed by atoms with Crippen molar-refractivity contribution in [3.8, 4) is 0 Å². The zero-order valence-electron chi connectivity index (χ0n) is 86.7. The lowest BCUT2D eigenvalue weighted by Gasteiger charge is -2.23. The van der Waals surface area contributed by atoms with Gasteiger partial charge in [-0.25, -0.2) is 0 Å². The van der Waals surface area contributed by atoms with Gasteiger partial charge in [0.15, 0.2) is 0 Å². The summed E-state index contributed by atoms with van der Waals surface area (Å²) in [7, 11) is 3.91. The van der Waals surface area contributed by atoms with Crippen molar-refractivity contribution in [3.05, 3.63) is 299 Å². The monoisotopic (exact) mass is 1800 g/mol. The van der Waals surface area contributed by atoms with Crippen LogP contribution in [0, 0.1) is 0 Å². The summed E-state index contributed by atoms with van der Waals surface area (Å²) >= 11 is 1.82. The molecule has 7 N–H and O–H groups in total. The molecule has 1 aliphatic rings. The first-order valence-electron chi connectivity index (χ1n) is 49.2. The first-order valence-corrected chi connectivity index (χ1v) is 50.1. The van der Waals surface area contributed by atoms with Crippen LogP contribution in [0.2, 0.25) is 0 Å². The molecular weight excluding hydrogens is 1610 g/mol. The van der Waals surface area contributed by atoms with E-state index in [1.807, 2.05) is 314 Å². The number of rotatable bonds is 29. The second-order valence-electron chi connectivity index (χ2n) is 25.1. The molecule has 11 aromatic rings. The minimum Gasteiger partial charge on any atom is -0.386 e. The van der Waals surface area contributed by atoms with Gasteiger partial charge in [0, 0.05) is 215 Å². The SMILES string of the molecule is C.CC.CC.CC.CC.CC.CC.CC.CC.CC.CC.CC.CC.CCN(Cc1ccccn1)Cc1ccccn1.CCN(Cc1ccccn1)Cc1cccs1.CCN1CCNCCNCCNCC1.CCNc1ccccc1CN(Cc1ccccn1)Cc1ccc[nH]1.CNCCN(CCc1ccccc1)CCc1ccccn1.CNc1cccc2cccnc12. The molecule has 0 aliphatic carbocycles. The zero-order valence-corrected chi connectivity index (χ0v) is 87.5. The summed E-state index contributed by atoms with van der Waals surface area (Å²) in [6.07, 6.45) is 15.2. The normalized spacial score (nSPS) is 10.7. The van der Waals surface area contributed by atoms with Crippen LogP contribution in [0.15, 0.2) is 249 Å². The molecule has 0 saturated carbocycles. The fraction of sp³-hybridized carbons (Fsp3) is 0.509. The average Bonchev–Trinajstić information content (AvgIpc) is 1.06. The Kier molecular flexibility index (Phi) is 109. The van der Waals surface area contributed by atoms with Gasteiger partial charge in [-0.3, -0.25) is 44.6 Å². The number of hydrogen-bond donors (Lipinski definition) is 7. The van der Waals surface area contributed by atoms with E-state index >= 15 is 0 Å². The number of anilines is 2. The van der Waals surface area contributed by atoms with Gasteiger partial charge in [0.2, 0.25) is 0 Å². The third kappa shape index (κ3) is 70.5. The van der Waals surface area contributed by atoms with Crippen molar-refractivity contribution in [1.82, 2.24) is 80.7 Å². The topological polar surface area (TPSA) is 182 Å². The summed E-state index contributed by atoms with van der Waals surface area (Å²) in [5.41, 5.74) is 12.8. The number of thiophene rings is 1. The number of fused-ring (bicyclic) bond motifs is 1. The largest absolute Gasteiger partial charge is 0.386 e. The number of nitrogens with one attached hydrogen (secondary N) is 7. The molecule has 728 valence electrons. The maximum absolute atomic E-state index is 4.48. The molecule has 0 unspecified atom stereocenters. The van der Waals surface area contributed by atoms with E-state index < -0.39 is 0 Å². The Labute approximate surface area is 797 Å². The molecule has 19 heteroatoms. The van der Waals surface area contributed by atoms with Gasteiger partial charge in [0.1, 0.15) is 0 Å². The molecule has 0 amide bonds. The van der Waals surface area contributed by atoms with Gasteiger partial charge >= 0.3 is 0 Å². The van der Waals surface area contributed by atoms with E-state index in [-0.39, 0.29) is 7.43 Å². The van der Waals surface area contributed by atoms with Gasteiger partial charge in [0.25, 0.3) is 0 Å². The Morgan fingerprint density at radius 1 is 0.357 bits per heavy atom. The first kappa shape index (κ1) is 133. The summed E-state index contributed by atoms with van der Waals surface area (Å²) in [6, 6.07) is 68.1. The van der Waals surface area contributed by atoms with Crippen molar-refractivity contribution in [2.75, 3.05) is 129 Å². The maximum Gasteiger partial charge on any atom is 0.0933 e. The third-order valence-corrected chi connectivity index (χ3v) is 18.2. The Morgan fingerprint density at radius 3 is 1.19 bits per heavy atom. The number of benzene rings is 3. The number of hydrogen-bond acceptors (Lipinski definition) is 18. The van der Waals surface area contributed by atoms with E-state index in [1.54, 1.807) is 0 Å². The Balaban J connectivity index is -0.000000266. The lowest BCUT2D eigenvalue weighted by Crippen LogP contribution is -2.41. The number of likely N-dealkylation sites (N-methyl/N-ethyl adjacent to an activating group) is 2.